The topological polar surface area (TPSA) is 39.1 Å². The highest BCUT2D eigenvalue weighted by Crippen LogP contribution is 2.26. The van der Waals surface area contributed by atoms with Crippen LogP contribution in [0.5, 0.6) is 5.75 Å². The molecule has 0 aliphatic carbocycles. The molecule has 0 saturated heterocycles. The van der Waals surface area contributed by atoms with Crippen LogP contribution in [0.3, 0.4) is 0 Å². The first-order valence-electron chi connectivity index (χ1n) is 6.30. The zero-order valence-electron chi connectivity index (χ0n) is 11.2. The van der Waals surface area contributed by atoms with Gasteiger partial charge >= 0.3 is 0 Å². The summed E-state index contributed by atoms with van der Waals surface area (Å²) in [4.78, 5) is 4.13. The van der Waals surface area contributed by atoms with Crippen molar-refractivity contribution >= 4 is 11.6 Å². The van der Waals surface area contributed by atoms with Gasteiger partial charge in [-0.1, -0.05) is 17.7 Å². The summed E-state index contributed by atoms with van der Waals surface area (Å²) < 4.78 is 7.93. The molecule has 0 aliphatic heterocycles. The van der Waals surface area contributed by atoms with E-state index in [1.807, 2.05) is 37.8 Å². The Morgan fingerprint density at radius 1 is 1.42 bits per heavy atom. The lowest BCUT2D eigenvalue weighted by Gasteiger charge is -2.13. The van der Waals surface area contributed by atoms with Gasteiger partial charge in [-0.3, -0.25) is 0 Å². The van der Waals surface area contributed by atoms with E-state index < -0.39 is 0 Å². The summed E-state index contributed by atoms with van der Waals surface area (Å²) in [6, 6.07) is 5.70. The summed E-state index contributed by atoms with van der Waals surface area (Å²) in [5.41, 5.74) is 2.03. The summed E-state index contributed by atoms with van der Waals surface area (Å²) in [5.74, 6) is 0.811. The van der Waals surface area contributed by atoms with Crippen LogP contribution in [0, 0.1) is 0 Å². The molecule has 1 aromatic heterocycles. The normalized spacial score (nSPS) is 10.7. The Morgan fingerprint density at radius 2 is 2.26 bits per heavy atom. The van der Waals surface area contributed by atoms with Gasteiger partial charge in [0.1, 0.15) is 12.4 Å². The van der Waals surface area contributed by atoms with Gasteiger partial charge in [0.25, 0.3) is 0 Å². The molecule has 1 aromatic carbocycles. The van der Waals surface area contributed by atoms with Crippen LogP contribution in [0.2, 0.25) is 5.02 Å². The molecule has 0 bridgehead atoms. The molecule has 1 heterocycles. The maximum absolute atomic E-state index is 6.19. The van der Waals surface area contributed by atoms with Gasteiger partial charge in [0, 0.05) is 23.7 Å². The van der Waals surface area contributed by atoms with Gasteiger partial charge in [0.15, 0.2) is 0 Å². The number of imidazole rings is 1. The fourth-order valence-electron chi connectivity index (χ4n) is 1.93. The van der Waals surface area contributed by atoms with E-state index in [9.17, 15) is 0 Å². The molecule has 0 radical (unpaired) electrons. The lowest BCUT2D eigenvalue weighted by atomic mass is 10.2. The van der Waals surface area contributed by atoms with Crippen LogP contribution in [0.1, 0.15) is 18.2 Å². The van der Waals surface area contributed by atoms with Crippen molar-refractivity contribution in [1.82, 2.24) is 14.9 Å². The summed E-state index contributed by atoms with van der Waals surface area (Å²) in [6.45, 7) is 4.14. The summed E-state index contributed by atoms with van der Waals surface area (Å²) in [7, 11) is 1.89. The average Bonchev–Trinajstić information content (AvgIpc) is 2.87. The number of benzene rings is 1. The standard InChI is InChI=1S/C14H18ClN3O/c1-3-18-10-17-7-11(18)9-19-14-6-4-5-13(15)12(14)8-16-2/h4-7,10,16H,3,8-9H2,1-2H3. The molecule has 0 aliphatic rings. The van der Waals surface area contributed by atoms with E-state index in [4.69, 9.17) is 16.3 Å². The van der Waals surface area contributed by atoms with E-state index in [0.717, 1.165) is 28.6 Å². The first kappa shape index (κ1) is 13.9. The lowest BCUT2D eigenvalue weighted by Crippen LogP contribution is -2.09. The summed E-state index contributed by atoms with van der Waals surface area (Å²) in [6.07, 6.45) is 3.64. The van der Waals surface area contributed by atoms with Crippen molar-refractivity contribution in [3.8, 4) is 5.75 Å². The van der Waals surface area contributed by atoms with Crippen LogP contribution in [0.25, 0.3) is 0 Å². The van der Waals surface area contributed by atoms with E-state index in [1.165, 1.54) is 0 Å². The van der Waals surface area contributed by atoms with E-state index in [2.05, 4.69) is 21.8 Å². The van der Waals surface area contributed by atoms with E-state index >= 15 is 0 Å². The molecule has 102 valence electrons. The maximum Gasteiger partial charge on any atom is 0.130 e. The Balaban J connectivity index is 2.13. The maximum atomic E-state index is 6.19. The third-order valence-corrected chi connectivity index (χ3v) is 3.30. The number of nitrogens with one attached hydrogen (secondary N) is 1. The molecule has 4 nitrogen and oxygen atoms in total. The van der Waals surface area contributed by atoms with Crippen molar-refractivity contribution in [2.45, 2.75) is 26.6 Å². The van der Waals surface area contributed by atoms with E-state index in [-0.39, 0.29) is 0 Å². The Kier molecular flexibility index (Phi) is 4.82. The number of halogens is 1. The number of hydrogen-bond acceptors (Lipinski definition) is 3. The molecule has 0 atom stereocenters. The average molecular weight is 280 g/mol. The van der Waals surface area contributed by atoms with Gasteiger partial charge in [0.2, 0.25) is 0 Å². The van der Waals surface area contributed by atoms with Crippen LogP contribution in [-0.4, -0.2) is 16.6 Å². The van der Waals surface area contributed by atoms with Gasteiger partial charge in [-0.15, -0.1) is 0 Å². The van der Waals surface area contributed by atoms with E-state index in [0.29, 0.717) is 13.2 Å². The Labute approximate surface area is 118 Å². The molecule has 0 saturated carbocycles. The summed E-state index contributed by atoms with van der Waals surface area (Å²) >= 11 is 6.19. The monoisotopic (exact) mass is 279 g/mol. The molecule has 5 heteroatoms. The van der Waals surface area contributed by atoms with Gasteiger partial charge in [0.05, 0.1) is 18.2 Å². The number of rotatable bonds is 6. The second-order valence-electron chi connectivity index (χ2n) is 4.21. The van der Waals surface area contributed by atoms with Crippen molar-refractivity contribution in [3.63, 3.8) is 0 Å². The number of nitrogens with zero attached hydrogens (tertiary/aromatic N) is 2. The highest BCUT2D eigenvalue weighted by molar-refractivity contribution is 6.31. The zero-order valence-corrected chi connectivity index (χ0v) is 11.9. The third-order valence-electron chi connectivity index (χ3n) is 2.94. The second-order valence-corrected chi connectivity index (χ2v) is 4.61. The molecule has 0 unspecified atom stereocenters. The highest BCUT2D eigenvalue weighted by Gasteiger charge is 2.08. The lowest BCUT2D eigenvalue weighted by molar-refractivity contribution is 0.292. The minimum Gasteiger partial charge on any atom is -0.487 e. The Morgan fingerprint density at radius 3 is 3.00 bits per heavy atom. The SMILES string of the molecule is CCn1cncc1COc1cccc(Cl)c1CNC. The molecule has 0 amide bonds. The fraction of sp³-hybridized carbons (Fsp3) is 0.357. The van der Waals surface area contributed by atoms with Crippen molar-refractivity contribution in [2.24, 2.45) is 0 Å². The molecular formula is C14H18ClN3O. The summed E-state index contributed by atoms with van der Waals surface area (Å²) in [5, 5.41) is 3.82. The van der Waals surface area contributed by atoms with Crippen LogP contribution < -0.4 is 10.1 Å². The highest BCUT2D eigenvalue weighted by atomic mass is 35.5. The first-order valence-corrected chi connectivity index (χ1v) is 6.67. The van der Waals surface area contributed by atoms with Crippen molar-refractivity contribution in [1.29, 1.82) is 0 Å². The van der Waals surface area contributed by atoms with Crippen molar-refractivity contribution in [2.75, 3.05) is 7.05 Å². The van der Waals surface area contributed by atoms with Gasteiger partial charge in [-0.25, -0.2) is 4.98 Å². The molecule has 2 rings (SSSR count). The Bertz CT molecular complexity index is 539. The fourth-order valence-corrected chi connectivity index (χ4v) is 2.16. The molecule has 1 N–H and O–H groups in total. The van der Waals surface area contributed by atoms with Gasteiger partial charge < -0.3 is 14.6 Å². The van der Waals surface area contributed by atoms with Crippen molar-refractivity contribution < 1.29 is 4.74 Å². The Hall–Kier alpha value is -1.52. The molecular weight excluding hydrogens is 262 g/mol. The van der Waals surface area contributed by atoms with E-state index in [1.54, 1.807) is 0 Å². The van der Waals surface area contributed by atoms with Gasteiger partial charge in [-0.2, -0.15) is 0 Å². The van der Waals surface area contributed by atoms with Crippen molar-refractivity contribution in [3.05, 3.63) is 47.0 Å². The third kappa shape index (κ3) is 3.28. The predicted molar refractivity (Wildman–Crippen MR) is 76.4 cm³/mol. The molecule has 19 heavy (non-hydrogen) atoms. The quantitative estimate of drug-likeness (QED) is 0.884. The molecule has 0 fully saturated rings. The number of hydrogen-bond donors (Lipinski definition) is 1. The first-order chi connectivity index (χ1) is 9.26. The predicted octanol–water partition coefficient (Wildman–Crippen LogP) is 2.85. The van der Waals surface area contributed by atoms with Crippen LogP contribution >= 0.6 is 11.6 Å². The number of ether oxygens (including phenoxy) is 1. The molecule has 2 aromatic rings. The van der Waals surface area contributed by atoms with Crippen LogP contribution in [0.15, 0.2) is 30.7 Å². The minimum atomic E-state index is 0.491. The zero-order chi connectivity index (χ0) is 13.7. The number of aryl methyl sites for hydroxylation is 1. The van der Waals surface area contributed by atoms with Gasteiger partial charge in [-0.05, 0) is 26.1 Å². The van der Waals surface area contributed by atoms with Crippen LogP contribution in [-0.2, 0) is 19.7 Å². The largest absolute Gasteiger partial charge is 0.487 e. The smallest absolute Gasteiger partial charge is 0.130 e. The second kappa shape index (κ2) is 6.59. The number of aromatic nitrogens is 2. The van der Waals surface area contributed by atoms with Crippen LogP contribution in [0.4, 0.5) is 0 Å². The molecule has 0 spiro atoms. The minimum absolute atomic E-state index is 0.491.